The third-order valence-corrected chi connectivity index (χ3v) is 11.6. The molecule has 0 saturated heterocycles. The summed E-state index contributed by atoms with van der Waals surface area (Å²) in [6.07, 6.45) is 16.7. The van der Waals surface area contributed by atoms with E-state index in [0.29, 0.717) is 0 Å². The number of halogens is 12. The monoisotopic (exact) mass is 1220 g/mol. The Kier molecular flexibility index (Phi) is 55.7. The highest BCUT2D eigenvalue weighted by molar-refractivity contribution is 6.30. The number of nitrogens with one attached hydrogen (secondary N) is 3. The predicted octanol–water partition coefficient (Wildman–Crippen LogP) is 17.6. The third-order valence-electron chi connectivity index (χ3n) is 11.6. The van der Waals surface area contributed by atoms with Gasteiger partial charge in [0.2, 0.25) is 0 Å². The zero-order chi connectivity index (χ0) is 64.7. The lowest BCUT2D eigenvalue weighted by Crippen LogP contribution is -2.07. The molecule has 0 aromatic heterocycles. The van der Waals surface area contributed by atoms with Gasteiger partial charge in [0.15, 0.2) is 0 Å². The molecule has 84 heavy (non-hydrogen) atoms. The minimum atomic E-state index is -4.33. The number of aromatic hydroxyl groups is 4. The maximum Gasteiger partial charge on any atom is 0.631 e. The Morgan fingerprint density at radius 3 is 0.524 bits per heavy atom. The molecule has 23 heteroatoms. The van der Waals surface area contributed by atoms with Gasteiger partial charge in [-0.3, -0.25) is 0 Å². The van der Waals surface area contributed by atoms with Gasteiger partial charge in [-0.15, -0.1) is 0 Å². The van der Waals surface area contributed by atoms with Crippen molar-refractivity contribution in [2.45, 2.75) is 200 Å². The first-order chi connectivity index (χ1) is 39.5. The molecule has 0 aliphatic carbocycles. The highest BCUT2D eigenvalue weighted by atomic mass is 19.4. The molecule has 10 nitrogen and oxygen atoms in total. The van der Waals surface area contributed by atoms with E-state index in [1.54, 1.807) is 0 Å². The van der Waals surface area contributed by atoms with Crippen molar-refractivity contribution >= 4 is 7.32 Å². The van der Waals surface area contributed by atoms with E-state index in [1.165, 1.54) is 174 Å². The van der Waals surface area contributed by atoms with Gasteiger partial charge in [-0.1, -0.05) is 156 Å². The van der Waals surface area contributed by atoms with Gasteiger partial charge < -0.3 is 51.4 Å². The zero-order valence-electron chi connectivity index (χ0n) is 50.1. The van der Waals surface area contributed by atoms with Crippen LogP contribution in [0, 0.1) is 0 Å². The highest BCUT2D eigenvalue weighted by Crippen LogP contribution is 2.32. The van der Waals surface area contributed by atoms with Gasteiger partial charge in [0.1, 0.15) is 23.0 Å². The van der Waals surface area contributed by atoms with Crippen molar-refractivity contribution in [3.8, 4) is 23.0 Å². The molecule has 4 rings (SSSR count). The Morgan fingerprint density at radius 2 is 0.405 bits per heavy atom. The second-order valence-corrected chi connectivity index (χ2v) is 19.3. The van der Waals surface area contributed by atoms with Gasteiger partial charge in [0.05, 0.1) is 22.3 Å². The van der Waals surface area contributed by atoms with Gasteiger partial charge in [0, 0.05) is 0 Å². The fraction of sp³-hybridized carbons (Fsp3) is 0.607. The first kappa shape index (κ1) is 85.5. The van der Waals surface area contributed by atoms with Crippen LogP contribution in [-0.2, 0) is 24.7 Å². The minimum absolute atomic E-state index is 0.169. The quantitative estimate of drug-likeness (QED) is 0.0157. The SMILES string of the molecule is CCCCCCCCCCNC.CCCCCCCCCCNC.CCCCCCCCCCNC.OB(O)O.Oc1ccc(C(F)(F)F)cc1.Oc1ccc(C(F)(F)F)cc1.Oc1ccc(C(F)(F)F)cc1.Oc1ccc(C(F)(F)F)cc1. The average molecular weight is 1220 g/mol. The van der Waals surface area contributed by atoms with E-state index in [2.05, 4.69) is 36.7 Å². The average Bonchev–Trinajstić information content (AvgIpc) is 3.63. The van der Waals surface area contributed by atoms with Crippen molar-refractivity contribution in [1.29, 1.82) is 0 Å². The number of unbranched alkanes of at least 4 members (excludes halogenated alkanes) is 21. The van der Waals surface area contributed by atoms with Crippen LogP contribution in [0.1, 0.15) is 197 Å². The summed E-state index contributed by atoms with van der Waals surface area (Å²) in [5.41, 5.74) is -3.02. The molecule has 0 radical (unpaired) electrons. The van der Waals surface area contributed by atoms with Crippen LogP contribution in [0.5, 0.6) is 23.0 Å². The van der Waals surface area contributed by atoms with Gasteiger partial charge in [-0.25, -0.2) is 0 Å². The van der Waals surface area contributed by atoms with E-state index < -0.39 is 54.3 Å². The van der Waals surface area contributed by atoms with Gasteiger partial charge in [-0.2, -0.15) is 52.7 Å². The highest BCUT2D eigenvalue weighted by Gasteiger charge is 2.32. The largest absolute Gasteiger partial charge is 0.631 e. The summed E-state index contributed by atoms with van der Waals surface area (Å²) in [6.45, 7) is 10.4. The first-order valence-corrected chi connectivity index (χ1v) is 28.9. The molecular formula is C61H98BF12N3O7. The third kappa shape index (κ3) is 60.2. The number of hydrogen-bond acceptors (Lipinski definition) is 10. The molecule has 486 valence electrons. The number of alkyl halides is 12. The van der Waals surface area contributed by atoms with Gasteiger partial charge in [-0.05, 0) is 157 Å². The summed E-state index contributed by atoms with van der Waals surface area (Å²) in [7, 11) is 3.92. The van der Waals surface area contributed by atoms with Crippen LogP contribution < -0.4 is 16.0 Å². The molecule has 4 aromatic rings. The van der Waals surface area contributed by atoms with Crippen LogP contribution in [0.3, 0.4) is 0 Å². The summed E-state index contributed by atoms with van der Waals surface area (Å²) >= 11 is 0. The Balaban J connectivity index is -0.000000439. The minimum Gasteiger partial charge on any atom is -0.508 e. The molecule has 0 fully saturated rings. The van der Waals surface area contributed by atoms with Crippen molar-refractivity contribution in [2.24, 2.45) is 0 Å². The second kappa shape index (κ2) is 54.7. The van der Waals surface area contributed by atoms with Crippen molar-refractivity contribution in [3.63, 3.8) is 0 Å². The van der Waals surface area contributed by atoms with E-state index in [9.17, 15) is 52.7 Å². The maximum atomic E-state index is 11.8. The van der Waals surface area contributed by atoms with E-state index >= 15 is 0 Å². The predicted molar refractivity (Wildman–Crippen MR) is 314 cm³/mol. The van der Waals surface area contributed by atoms with Gasteiger partial charge in [0.25, 0.3) is 0 Å². The van der Waals surface area contributed by atoms with Gasteiger partial charge >= 0.3 is 32.0 Å². The van der Waals surface area contributed by atoms with E-state index in [0.717, 1.165) is 97.1 Å². The van der Waals surface area contributed by atoms with E-state index in [-0.39, 0.29) is 23.0 Å². The topological polar surface area (TPSA) is 178 Å². The molecule has 0 aliphatic rings. The lowest BCUT2D eigenvalue weighted by atomic mass is 10.1. The molecule has 0 heterocycles. The number of phenolic OH excluding ortho intramolecular Hbond substituents is 4. The van der Waals surface area contributed by atoms with Crippen LogP contribution in [-0.4, -0.2) is 83.6 Å². The maximum absolute atomic E-state index is 11.8. The van der Waals surface area contributed by atoms with Crippen LogP contribution in [0.25, 0.3) is 0 Å². The fourth-order valence-electron chi connectivity index (χ4n) is 6.91. The van der Waals surface area contributed by atoms with Crippen LogP contribution in [0.2, 0.25) is 0 Å². The van der Waals surface area contributed by atoms with Crippen LogP contribution >= 0.6 is 0 Å². The Labute approximate surface area is 492 Å². The molecule has 0 saturated carbocycles. The normalized spacial score (nSPS) is 10.9. The molecular weight excluding hydrogens is 1130 g/mol. The summed E-state index contributed by atoms with van der Waals surface area (Å²) < 4.78 is 142. The Morgan fingerprint density at radius 1 is 0.274 bits per heavy atom. The Hall–Kier alpha value is -4.94. The lowest BCUT2D eigenvalue weighted by molar-refractivity contribution is -0.138. The summed E-state index contributed by atoms with van der Waals surface area (Å²) in [5, 5.41) is 65.7. The standard InChI is InChI=1S/3C11H25N.4C7H5F3O.BH3O3/c3*1-3-4-5-6-7-8-9-10-11-12-2;4*8-7(9,10)5-1-3-6(11)4-2-5;2-1(3)4/h3*12H,3-11H2,1-2H3;4*1-4,11H;2-4H. The zero-order valence-corrected chi connectivity index (χ0v) is 50.1. The molecule has 0 aliphatic heterocycles. The van der Waals surface area contributed by atoms with Crippen molar-refractivity contribution in [3.05, 3.63) is 119 Å². The first-order valence-electron chi connectivity index (χ1n) is 28.9. The number of rotatable bonds is 27. The van der Waals surface area contributed by atoms with Crippen molar-refractivity contribution in [2.75, 3.05) is 40.8 Å². The molecule has 0 atom stereocenters. The molecule has 4 aromatic carbocycles. The number of hydrogen-bond donors (Lipinski definition) is 10. The Bertz CT molecular complexity index is 1700. The van der Waals surface area contributed by atoms with Crippen molar-refractivity contribution in [1.82, 2.24) is 16.0 Å². The summed E-state index contributed by atoms with van der Waals surface area (Å²) in [6, 6.07) is 14.7. The molecule has 0 unspecified atom stereocenters. The molecule has 0 bridgehead atoms. The van der Waals surface area contributed by atoms with E-state index in [1.807, 2.05) is 21.1 Å². The fourth-order valence-corrected chi connectivity index (χ4v) is 6.91. The molecule has 10 N–H and O–H groups in total. The number of benzene rings is 4. The second-order valence-electron chi connectivity index (χ2n) is 19.3. The van der Waals surface area contributed by atoms with Crippen LogP contribution in [0.4, 0.5) is 52.7 Å². The number of phenols is 4. The molecule has 0 amide bonds. The van der Waals surface area contributed by atoms with E-state index in [4.69, 9.17) is 35.5 Å². The summed E-state index contributed by atoms with van der Waals surface area (Å²) in [5.74, 6) is -0.674. The van der Waals surface area contributed by atoms with Crippen LogP contribution in [0.15, 0.2) is 97.1 Å². The molecule has 0 spiro atoms. The van der Waals surface area contributed by atoms with Crippen molar-refractivity contribution < 1.29 is 88.2 Å². The summed E-state index contributed by atoms with van der Waals surface area (Å²) in [4.78, 5) is 0. The lowest BCUT2D eigenvalue weighted by Gasteiger charge is -2.04. The smallest absolute Gasteiger partial charge is 0.508 e.